The van der Waals surface area contributed by atoms with Gasteiger partial charge in [0.1, 0.15) is 5.92 Å². The van der Waals surface area contributed by atoms with Crippen LogP contribution < -0.4 is 19.4 Å². The summed E-state index contributed by atoms with van der Waals surface area (Å²) in [6.07, 6.45) is -0.0467. The molecule has 0 spiro atoms. The first kappa shape index (κ1) is 23.9. The van der Waals surface area contributed by atoms with Gasteiger partial charge in [0, 0.05) is 0 Å². The molecule has 0 bridgehead atoms. The minimum Gasteiger partial charge on any atom is -0.490 e. The molecule has 0 radical (unpaired) electrons. The molecule has 3 aromatic carbocycles. The van der Waals surface area contributed by atoms with Crippen molar-refractivity contribution in [3.05, 3.63) is 83.9 Å². The first-order valence-corrected chi connectivity index (χ1v) is 12.4. The number of aryl methyl sites for hydroxylation is 1. The summed E-state index contributed by atoms with van der Waals surface area (Å²) >= 11 is 0. The summed E-state index contributed by atoms with van der Waals surface area (Å²) in [7, 11) is 0. The van der Waals surface area contributed by atoms with Crippen molar-refractivity contribution in [2.75, 3.05) is 23.2 Å². The van der Waals surface area contributed by atoms with Crippen LogP contribution in [0.15, 0.2) is 72.8 Å². The van der Waals surface area contributed by atoms with E-state index in [9.17, 15) is 9.59 Å². The van der Waals surface area contributed by atoms with Gasteiger partial charge >= 0.3 is 0 Å². The van der Waals surface area contributed by atoms with E-state index >= 15 is 0 Å². The second-order valence-corrected chi connectivity index (χ2v) is 8.94. The second-order valence-electron chi connectivity index (χ2n) is 8.94. The van der Waals surface area contributed by atoms with E-state index < -0.39 is 18.1 Å². The highest BCUT2D eigenvalue weighted by atomic mass is 16.7. The fourth-order valence-electron chi connectivity index (χ4n) is 4.91. The van der Waals surface area contributed by atoms with Crippen LogP contribution in [-0.4, -0.2) is 31.1 Å². The van der Waals surface area contributed by atoms with E-state index in [1.54, 1.807) is 11.1 Å². The average Bonchev–Trinajstić information content (AvgIpc) is 3.40. The number of ether oxygens (including phenoxy) is 2. The maximum Gasteiger partial charge on any atom is 0.266 e. The molecule has 3 unspecified atom stereocenters. The number of hydrogen-bond acceptors (Lipinski definition) is 6. The van der Waals surface area contributed by atoms with E-state index in [2.05, 4.69) is 0 Å². The fraction of sp³-hybridized carbons (Fsp3) is 0.310. The molecule has 7 nitrogen and oxygen atoms in total. The van der Waals surface area contributed by atoms with Crippen molar-refractivity contribution in [2.45, 2.75) is 39.3 Å². The quantitative estimate of drug-likeness (QED) is 0.406. The van der Waals surface area contributed by atoms with E-state index in [0.29, 0.717) is 30.4 Å². The summed E-state index contributed by atoms with van der Waals surface area (Å²) in [4.78, 5) is 35.0. The minimum atomic E-state index is -0.922. The van der Waals surface area contributed by atoms with Gasteiger partial charge in [-0.3, -0.25) is 14.4 Å². The molecule has 3 aromatic rings. The summed E-state index contributed by atoms with van der Waals surface area (Å²) in [5, 5.41) is 1.69. The molecule has 3 atom stereocenters. The Balaban J connectivity index is 1.59. The van der Waals surface area contributed by atoms with Gasteiger partial charge in [-0.25, -0.2) is 9.96 Å². The number of para-hydroxylation sites is 2. The SMILES string of the molecule is CCCOc1ccc(C2C3C(=O)N(c4ccccc4C)C(=O)C3ON2c2ccccc2)cc1OCC. The maximum atomic E-state index is 13.9. The largest absolute Gasteiger partial charge is 0.490 e. The molecule has 36 heavy (non-hydrogen) atoms. The molecule has 186 valence electrons. The van der Waals surface area contributed by atoms with Gasteiger partial charge in [-0.2, -0.15) is 0 Å². The molecule has 0 saturated carbocycles. The number of hydrogen-bond donors (Lipinski definition) is 0. The summed E-state index contributed by atoms with van der Waals surface area (Å²) in [5.41, 5.74) is 3.02. The Labute approximate surface area is 211 Å². The van der Waals surface area contributed by atoms with Crippen molar-refractivity contribution in [1.29, 1.82) is 0 Å². The highest BCUT2D eigenvalue weighted by Gasteiger charge is 2.60. The number of anilines is 2. The number of carbonyl (C=O) groups is 2. The lowest BCUT2D eigenvalue weighted by Crippen LogP contribution is -2.37. The standard InChI is InChI=1S/C29H30N2O5/c1-4-17-35-23-16-15-20(18-24(23)34-5-2)26-25-27(36-31(26)21-12-7-6-8-13-21)29(33)30(28(25)32)22-14-10-9-11-19(22)3/h6-16,18,25-27H,4-5,17H2,1-3H3. The fourth-order valence-corrected chi connectivity index (χ4v) is 4.91. The first-order valence-electron chi connectivity index (χ1n) is 12.4. The van der Waals surface area contributed by atoms with Crippen LogP contribution in [0.25, 0.3) is 0 Å². The van der Waals surface area contributed by atoms with E-state index in [-0.39, 0.29) is 11.8 Å². The molecular weight excluding hydrogens is 456 g/mol. The van der Waals surface area contributed by atoms with E-state index in [1.807, 2.05) is 87.5 Å². The first-order chi connectivity index (χ1) is 17.5. The molecular formula is C29H30N2O5. The van der Waals surface area contributed by atoms with Crippen molar-refractivity contribution in [2.24, 2.45) is 5.92 Å². The zero-order valence-corrected chi connectivity index (χ0v) is 20.7. The lowest BCUT2D eigenvalue weighted by Gasteiger charge is -2.29. The Morgan fingerprint density at radius 2 is 1.61 bits per heavy atom. The smallest absolute Gasteiger partial charge is 0.266 e. The number of rotatable bonds is 8. The third-order valence-corrected chi connectivity index (χ3v) is 6.55. The molecule has 2 saturated heterocycles. The van der Waals surface area contributed by atoms with Gasteiger partial charge in [-0.15, -0.1) is 0 Å². The number of benzene rings is 3. The Hall–Kier alpha value is -3.84. The summed E-state index contributed by atoms with van der Waals surface area (Å²) < 4.78 is 11.8. The summed E-state index contributed by atoms with van der Waals surface area (Å²) in [6, 6.07) is 22.1. The Bertz CT molecular complexity index is 1260. The highest BCUT2D eigenvalue weighted by Crippen LogP contribution is 2.49. The van der Waals surface area contributed by atoms with Gasteiger partial charge in [0.25, 0.3) is 5.91 Å². The molecule has 2 amide bonds. The Morgan fingerprint density at radius 3 is 2.33 bits per heavy atom. The lowest BCUT2D eigenvalue weighted by atomic mass is 9.90. The zero-order valence-electron chi connectivity index (χ0n) is 20.7. The second kappa shape index (κ2) is 10.0. The van der Waals surface area contributed by atoms with Crippen molar-refractivity contribution < 1.29 is 23.9 Å². The van der Waals surface area contributed by atoms with Crippen LogP contribution in [0.2, 0.25) is 0 Å². The van der Waals surface area contributed by atoms with Gasteiger partial charge in [0.15, 0.2) is 17.6 Å². The summed E-state index contributed by atoms with van der Waals surface area (Å²) in [5.74, 6) is -0.0798. The van der Waals surface area contributed by atoms with Crippen LogP contribution in [-0.2, 0) is 14.4 Å². The third kappa shape index (κ3) is 4.09. The molecule has 2 aliphatic heterocycles. The molecule has 5 rings (SSSR count). The molecule has 2 aliphatic rings. The van der Waals surface area contributed by atoms with Gasteiger partial charge in [0.2, 0.25) is 5.91 Å². The monoisotopic (exact) mass is 486 g/mol. The maximum absolute atomic E-state index is 13.9. The van der Waals surface area contributed by atoms with Crippen LogP contribution in [0, 0.1) is 12.8 Å². The average molecular weight is 487 g/mol. The van der Waals surface area contributed by atoms with E-state index in [1.165, 1.54) is 4.90 Å². The molecule has 0 N–H and O–H groups in total. The van der Waals surface area contributed by atoms with Crippen LogP contribution in [0.5, 0.6) is 11.5 Å². The number of imide groups is 1. The topological polar surface area (TPSA) is 68.3 Å². The normalized spacial score (nSPS) is 21.1. The zero-order chi connectivity index (χ0) is 25.2. The van der Waals surface area contributed by atoms with Crippen LogP contribution >= 0.6 is 0 Å². The number of carbonyl (C=O) groups excluding carboxylic acids is 2. The van der Waals surface area contributed by atoms with Crippen molar-refractivity contribution in [1.82, 2.24) is 0 Å². The van der Waals surface area contributed by atoms with Gasteiger partial charge in [-0.1, -0.05) is 49.4 Å². The van der Waals surface area contributed by atoms with Crippen LogP contribution in [0.4, 0.5) is 11.4 Å². The van der Waals surface area contributed by atoms with E-state index in [4.69, 9.17) is 14.3 Å². The van der Waals surface area contributed by atoms with Crippen LogP contribution in [0.3, 0.4) is 0 Å². The lowest BCUT2D eigenvalue weighted by molar-refractivity contribution is -0.126. The number of hydroxylamine groups is 1. The number of fused-ring (bicyclic) bond motifs is 1. The molecule has 2 heterocycles. The van der Waals surface area contributed by atoms with Gasteiger partial charge in [0.05, 0.1) is 30.6 Å². The minimum absolute atomic E-state index is 0.271. The van der Waals surface area contributed by atoms with Gasteiger partial charge < -0.3 is 9.47 Å². The molecule has 0 aromatic heterocycles. The molecule has 7 heteroatoms. The van der Waals surface area contributed by atoms with E-state index in [0.717, 1.165) is 23.2 Å². The summed E-state index contributed by atoms with van der Waals surface area (Å²) in [6.45, 7) is 6.90. The number of amides is 2. The van der Waals surface area contributed by atoms with Crippen molar-refractivity contribution in [3.63, 3.8) is 0 Å². The Morgan fingerprint density at radius 1 is 0.861 bits per heavy atom. The predicted octanol–water partition coefficient (Wildman–Crippen LogP) is 5.23. The van der Waals surface area contributed by atoms with Crippen molar-refractivity contribution in [3.8, 4) is 11.5 Å². The van der Waals surface area contributed by atoms with Gasteiger partial charge in [-0.05, 0) is 61.7 Å². The third-order valence-electron chi connectivity index (χ3n) is 6.55. The Kier molecular flexibility index (Phi) is 6.65. The highest BCUT2D eigenvalue weighted by molar-refractivity contribution is 6.24. The number of nitrogens with zero attached hydrogens (tertiary/aromatic N) is 2. The molecule has 2 fully saturated rings. The van der Waals surface area contributed by atoms with Crippen LogP contribution in [0.1, 0.15) is 37.4 Å². The predicted molar refractivity (Wildman–Crippen MR) is 137 cm³/mol. The molecule has 0 aliphatic carbocycles. The van der Waals surface area contributed by atoms with Crippen molar-refractivity contribution >= 4 is 23.2 Å².